The summed E-state index contributed by atoms with van der Waals surface area (Å²) >= 11 is 0. The van der Waals surface area contributed by atoms with Crippen molar-refractivity contribution in [3.8, 4) is 0 Å². The largest absolute Gasteiger partial charge is 0.368 e. The number of carbonyl (C=O) groups is 1. The Morgan fingerprint density at radius 1 is 1.17 bits per heavy atom. The molecule has 0 unspecified atom stereocenters. The molecular formula is C15H19FN2O4S. The quantitative estimate of drug-likeness (QED) is 0.816. The van der Waals surface area contributed by atoms with Gasteiger partial charge in [-0.15, -0.1) is 0 Å². The van der Waals surface area contributed by atoms with Crippen LogP contribution in [-0.4, -0.2) is 62.4 Å². The Kier molecular flexibility index (Phi) is 4.65. The number of nitrogens with zero attached hydrogens (tertiary/aromatic N) is 2. The molecule has 0 saturated carbocycles. The third kappa shape index (κ3) is 3.24. The summed E-state index contributed by atoms with van der Waals surface area (Å²) in [5, 5.41) is 0. The summed E-state index contributed by atoms with van der Waals surface area (Å²) in [5.74, 6) is -0.837. The van der Waals surface area contributed by atoms with Crippen LogP contribution in [0, 0.1) is 5.82 Å². The van der Waals surface area contributed by atoms with Crippen molar-refractivity contribution in [2.24, 2.45) is 0 Å². The van der Waals surface area contributed by atoms with Crippen molar-refractivity contribution in [2.45, 2.75) is 23.8 Å². The van der Waals surface area contributed by atoms with E-state index in [-0.39, 0.29) is 23.9 Å². The maximum atomic E-state index is 13.8. The molecule has 2 aliphatic rings. The minimum absolute atomic E-state index is 0.0783. The number of carbonyl (C=O) groups excluding carboxylic acids is 1. The van der Waals surface area contributed by atoms with E-state index in [1.165, 1.54) is 22.5 Å². The Bertz CT molecular complexity index is 680. The number of amides is 1. The smallest absolute Gasteiger partial charge is 0.251 e. The molecule has 0 spiro atoms. The fraction of sp³-hybridized carbons (Fsp3) is 0.533. The number of benzene rings is 1. The molecule has 0 aliphatic carbocycles. The van der Waals surface area contributed by atoms with Crippen molar-refractivity contribution < 1.29 is 22.3 Å². The highest BCUT2D eigenvalue weighted by Crippen LogP contribution is 2.21. The normalized spacial score (nSPS) is 23.2. The van der Waals surface area contributed by atoms with E-state index in [1.807, 2.05) is 0 Å². The van der Waals surface area contributed by atoms with Crippen molar-refractivity contribution in [1.82, 2.24) is 9.21 Å². The maximum absolute atomic E-state index is 13.8. The summed E-state index contributed by atoms with van der Waals surface area (Å²) in [6, 6.07) is 5.33. The molecule has 1 aromatic rings. The zero-order valence-corrected chi connectivity index (χ0v) is 13.5. The Morgan fingerprint density at radius 3 is 2.48 bits per heavy atom. The lowest BCUT2D eigenvalue weighted by molar-refractivity contribution is -0.142. The molecule has 126 valence electrons. The van der Waals surface area contributed by atoms with Crippen LogP contribution >= 0.6 is 0 Å². The second kappa shape index (κ2) is 6.54. The first-order valence-corrected chi connectivity index (χ1v) is 9.09. The lowest BCUT2D eigenvalue weighted by atomic mass is 10.2. The van der Waals surface area contributed by atoms with Gasteiger partial charge in [0.1, 0.15) is 16.8 Å². The van der Waals surface area contributed by atoms with Gasteiger partial charge in [-0.3, -0.25) is 4.79 Å². The lowest BCUT2D eigenvalue weighted by Gasteiger charge is -2.35. The van der Waals surface area contributed by atoms with Crippen molar-refractivity contribution >= 4 is 15.9 Å². The zero-order chi connectivity index (χ0) is 16.4. The van der Waals surface area contributed by atoms with Crippen LogP contribution in [0.15, 0.2) is 29.2 Å². The molecule has 0 radical (unpaired) electrons. The third-order valence-corrected chi connectivity index (χ3v) is 6.14. The van der Waals surface area contributed by atoms with Gasteiger partial charge in [0.05, 0.1) is 0 Å². The molecule has 0 N–H and O–H groups in total. The van der Waals surface area contributed by atoms with Gasteiger partial charge in [0.2, 0.25) is 10.0 Å². The molecular weight excluding hydrogens is 323 g/mol. The highest BCUT2D eigenvalue weighted by molar-refractivity contribution is 7.89. The highest BCUT2D eigenvalue weighted by Gasteiger charge is 2.34. The standard InChI is InChI=1S/C15H19FN2O4S/c16-12-4-1-2-6-14(12)23(20,21)18-9-7-17(8-10-18)15(19)13-5-3-11-22-13/h1-2,4,6,13H,3,5,7-11H2/t13-/m0/s1. The minimum Gasteiger partial charge on any atom is -0.368 e. The summed E-state index contributed by atoms with van der Waals surface area (Å²) in [4.78, 5) is 13.6. The summed E-state index contributed by atoms with van der Waals surface area (Å²) in [6.45, 7) is 1.51. The Hall–Kier alpha value is -1.51. The maximum Gasteiger partial charge on any atom is 0.251 e. The molecule has 0 aromatic heterocycles. The fourth-order valence-corrected chi connectivity index (χ4v) is 4.41. The Balaban J connectivity index is 1.66. The van der Waals surface area contributed by atoms with E-state index in [9.17, 15) is 17.6 Å². The van der Waals surface area contributed by atoms with Crippen molar-refractivity contribution in [3.63, 3.8) is 0 Å². The molecule has 2 aliphatic heterocycles. The van der Waals surface area contributed by atoms with E-state index < -0.39 is 21.9 Å². The number of hydrogen-bond acceptors (Lipinski definition) is 4. The second-order valence-corrected chi connectivity index (χ2v) is 7.57. The monoisotopic (exact) mass is 342 g/mol. The van der Waals surface area contributed by atoms with E-state index in [4.69, 9.17) is 4.74 Å². The molecule has 2 heterocycles. The molecule has 23 heavy (non-hydrogen) atoms. The van der Waals surface area contributed by atoms with Gasteiger partial charge in [0.25, 0.3) is 5.91 Å². The second-order valence-electron chi connectivity index (χ2n) is 5.66. The van der Waals surface area contributed by atoms with E-state index in [2.05, 4.69) is 0 Å². The van der Waals surface area contributed by atoms with Crippen molar-refractivity contribution in [3.05, 3.63) is 30.1 Å². The van der Waals surface area contributed by atoms with Crippen LogP contribution in [0.2, 0.25) is 0 Å². The van der Waals surface area contributed by atoms with Crippen LogP contribution in [0.25, 0.3) is 0 Å². The van der Waals surface area contributed by atoms with E-state index in [0.29, 0.717) is 26.1 Å². The number of hydrogen-bond donors (Lipinski definition) is 0. The molecule has 2 saturated heterocycles. The van der Waals surface area contributed by atoms with Crippen LogP contribution in [0.5, 0.6) is 0 Å². The Morgan fingerprint density at radius 2 is 1.87 bits per heavy atom. The predicted molar refractivity (Wildman–Crippen MR) is 80.7 cm³/mol. The van der Waals surface area contributed by atoms with Gasteiger partial charge in [0, 0.05) is 32.8 Å². The van der Waals surface area contributed by atoms with E-state index >= 15 is 0 Å². The van der Waals surface area contributed by atoms with Crippen LogP contribution in [0.3, 0.4) is 0 Å². The van der Waals surface area contributed by atoms with Gasteiger partial charge >= 0.3 is 0 Å². The van der Waals surface area contributed by atoms with Gasteiger partial charge in [-0.2, -0.15) is 4.31 Å². The van der Waals surface area contributed by atoms with E-state index in [1.54, 1.807) is 4.90 Å². The molecule has 1 atom stereocenters. The average Bonchev–Trinajstić information content (AvgIpc) is 3.09. The number of sulfonamides is 1. The van der Waals surface area contributed by atoms with Crippen LogP contribution in [0.4, 0.5) is 4.39 Å². The topological polar surface area (TPSA) is 66.9 Å². The van der Waals surface area contributed by atoms with Gasteiger partial charge in [-0.25, -0.2) is 12.8 Å². The molecule has 3 rings (SSSR count). The van der Waals surface area contributed by atoms with Crippen LogP contribution in [0.1, 0.15) is 12.8 Å². The molecule has 1 aromatic carbocycles. The zero-order valence-electron chi connectivity index (χ0n) is 12.7. The third-order valence-electron chi connectivity index (χ3n) is 4.21. The average molecular weight is 342 g/mol. The number of piperazine rings is 1. The molecule has 6 nitrogen and oxygen atoms in total. The molecule has 8 heteroatoms. The predicted octanol–water partition coefficient (Wildman–Crippen LogP) is 0.838. The molecule has 0 bridgehead atoms. The molecule has 2 fully saturated rings. The number of ether oxygens (including phenoxy) is 1. The van der Waals surface area contributed by atoms with Gasteiger partial charge in [-0.05, 0) is 25.0 Å². The lowest BCUT2D eigenvalue weighted by Crippen LogP contribution is -2.52. The SMILES string of the molecule is O=C([C@@H]1CCCO1)N1CCN(S(=O)(=O)c2ccccc2F)CC1. The van der Waals surface area contributed by atoms with Gasteiger partial charge in [-0.1, -0.05) is 12.1 Å². The van der Waals surface area contributed by atoms with Crippen LogP contribution < -0.4 is 0 Å². The van der Waals surface area contributed by atoms with Crippen LogP contribution in [-0.2, 0) is 19.6 Å². The first-order chi connectivity index (χ1) is 11.0. The summed E-state index contributed by atoms with van der Waals surface area (Å²) < 4.78 is 45.4. The van der Waals surface area contributed by atoms with E-state index in [0.717, 1.165) is 12.5 Å². The first-order valence-electron chi connectivity index (χ1n) is 7.65. The van der Waals surface area contributed by atoms with Gasteiger partial charge in [0.15, 0.2) is 0 Å². The number of halogens is 1. The molecule has 1 amide bonds. The summed E-state index contributed by atoms with van der Waals surface area (Å²) in [5.41, 5.74) is 0. The number of rotatable bonds is 3. The fourth-order valence-electron chi connectivity index (χ4n) is 2.92. The van der Waals surface area contributed by atoms with Gasteiger partial charge < -0.3 is 9.64 Å². The summed E-state index contributed by atoms with van der Waals surface area (Å²) in [7, 11) is -3.87. The summed E-state index contributed by atoms with van der Waals surface area (Å²) in [6.07, 6.45) is 1.19. The highest BCUT2D eigenvalue weighted by atomic mass is 32.2. The van der Waals surface area contributed by atoms with Crippen molar-refractivity contribution in [2.75, 3.05) is 32.8 Å². The Labute approximate surface area is 134 Å². The minimum atomic E-state index is -3.87. The first kappa shape index (κ1) is 16.4. The van der Waals surface area contributed by atoms with Crippen molar-refractivity contribution in [1.29, 1.82) is 0 Å².